The molecule has 0 saturated carbocycles. The van der Waals surface area contributed by atoms with Crippen molar-refractivity contribution in [2.24, 2.45) is 5.84 Å². The van der Waals surface area contributed by atoms with Gasteiger partial charge in [-0.05, 0) is 30.9 Å². The van der Waals surface area contributed by atoms with Gasteiger partial charge in [-0.3, -0.25) is 5.84 Å². The molecular formula is C12H11F2N3. The van der Waals surface area contributed by atoms with Gasteiger partial charge in [-0.25, -0.2) is 13.8 Å². The summed E-state index contributed by atoms with van der Waals surface area (Å²) in [5, 5.41) is 0.408. The second kappa shape index (κ2) is 3.63. The quantitative estimate of drug-likeness (QED) is 0.589. The van der Waals surface area contributed by atoms with Crippen LogP contribution < -0.4 is 11.3 Å². The number of nitrogen functional groups attached to an aromatic ring is 1. The largest absolute Gasteiger partial charge is 0.323 e. The fraction of sp³-hybridized carbons (Fsp3) is 0.250. The van der Waals surface area contributed by atoms with Gasteiger partial charge < -0.3 is 5.43 Å². The molecule has 1 aliphatic rings. The Balaban J connectivity index is 2.45. The molecule has 0 spiro atoms. The number of anilines is 1. The first-order valence-electron chi connectivity index (χ1n) is 5.48. The van der Waals surface area contributed by atoms with E-state index in [0.717, 1.165) is 36.6 Å². The lowest BCUT2D eigenvalue weighted by Gasteiger charge is -2.11. The molecule has 0 radical (unpaired) electrons. The maximum absolute atomic E-state index is 13.7. The van der Waals surface area contributed by atoms with E-state index in [0.29, 0.717) is 11.1 Å². The van der Waals surface area contributed by atoms with Gasteiger partial charge in [-0.2, -0.15) is 0 Å². The molecule has 2 aromatic rings. The number of nitrogens with one attached hydrogen (secondary N) is 1. The third kappa shape index (κ3) is 1.46. The van der Waals surface area contributed by atoms with E-state index in [1.807, 2.05) is 0 Å². The second-order valence-electron chi connectivity index (χ2n) is 4.19. The maximum atomic E-state index is 13.7. The number of nitrogens with two attached hydrogens (primary N) is 1. The molecule has 1 heterocycles. The van der Waals surface area contributed by atoms with Crippen LogP contribution in [0.1, 0.15) is 17.7 Å². The van der Waals surface area contributed by atoms with Crippen LogP contribution in [0.5, 0.6) is 0 Å². The third-order valence-electron chi connectivity index (χ3n) is 3.18. The van der Waals surface area contributed by atoms with Crippen molar-refractivity contribution >= 4 is 16.6 Å². The first-order valence-corrected chi connectivity index (χ1v) is 5.48. The molecule has 5 heteroatoms. The number of halogens is 2. The lowest BCUT2D eigenvalue weighted by molar-refractivity contribution is 0.590. The van der Waals surface area contributed by atoms with Gasteiger partial charge in [0.1, 0.15) is 11.3 Å². The van der Waals surface area contributed by atoms with E-state index in [-0.39, 0.29) is 5.52 Å². The number of aryl methyl sites for hydroxylation is 1. The van der Waals surface area contributed by atoms with E-state index in [9.17, 15) is 8.78 Å². The van der Waals surface area contributed by atoms with Crippen molar-refractivity contribution in [3.63, 3.8) is 0 Å². The highest BCUT2D eigenvalue weighted by Gasteiger charge is 2.21. The Labute approximate surface area is 96.6 Å². The van der Waals surface area contributed by atoms with Crippen molar-refractivity contribution in [1.29, 1.82) is 0 Å². The van der Waals surface area contributed by atoms with Crippen molar-refractivity contribution in [2.45, 2.75) is 19.3 Å². The van der Waals surface area contributed by atoms with E-state index in [2.05, 4.69) is 10.4 Å². The monoisotopic (exact) mass is 235 g/mol. The number of hydrogen-bond donors (Lipinski definition) is 2. The molecule has 0 atom stereocenters. The van der Waals surface area contributed by atoms with Crippen LogP contribution in [0.4, 0.5) is 14.5 Å². The molecule has 0 aliphatic heterocycles. The molecule has 3 N–H and O–H groups in total. The number of hydrazine groups is 1. The summed E-state index contributed by atoms with van der Waals surface area (Å²) in [5.41, 5.74) is 5.16. The van der Waals surface area contributed by atoms with Crippen LogP contribution in [-0.4, -0.2) is 4.98 Å². The minimum Gasteiger partial charge on any atom is -0.323 e. The van der Waals surface area contributed by atoms with E-state index >= 15 is 0 Å². The van der Waals surface area contributed by atoms with Crippen LogP contribution in [0.3, 0.4) is 0 Å². The van der Waals surface area contributed by atoms with Gasteiger partial charge in [0.25, 0.3) is 0 Å². The summed E-state index contributed by atoms with van der Waals surface area (Å²) in [6, 6.07) is 2.11. The van der Waals surface area contributed by atoms with Gasteiger partial charge in [0, 0.05) is 17.1 Å². The fourth-order valence-electron chi connectivity index (χ4n) is 2.45. The summed E-state index contributed by atoms with van der Waals surface area (Å²) in [6.45, 7) is 0. The lowest BCUT2D eigenvalue weighted by Crippen LogP contribution is -2.11. The molecule has 0 amide bonds. The third-order valence-corrected chi connectivity index (χ3v) is 3.18. The zero-order valence-corrected chi connectivity index (χ0v) is 9.06. The normalized spacial score (nSPS) is 14.1. The summed E-state index contributed by atoms with van der Waals surface area (Å²) in [4.78, 5) is 4.27. The molecule has 3 nitrogen and oxygen atoms in total. The molecule has 17 heavy (non-hydrogen) atoms. The summed E-state index contributed by atoms with van der Waals surface area (Å²) in [7, 11) is 0. The average molecular weight is 235 g/mol. The van der Waals surface area contributed by atoms with Crippen LogP contribution >= 0.6 is 0 Å². The van der Waals surface area contributed by atoms with Crippen LogP contribution in [0, 0.1) is 11.6 Å². The minimum atomic E-state index is -0.647. The van der Waals surface area contributed by atoms with Crippen LogP contribution in [0.25, 0.3) is 10.9 Å². The van der Waals surface area contributed by atoms with Gasteiger partial charge in [-0.15, -0.1) is 0 Å². The standard InChI is InChI=1S/C12H11F2N3/c13-6-4-8-11(17-15)7-2-1-3-10(7)16-12(8)9(14)5-6/h4-5H,1-3,15H2,(H,16,17). The molecular weight excluding hydrogens is 224 g/mol. The van der Waals surface area contributed by atoms with Crippen LogP contribution in [-0.2, 0) is 12.8 Å². The molecule has 0 bridgehead atoms. The predicted octanol–water partition coefficient (Wildman–Crippen LogP) is 2.29. The molecule has 1 aromatic heterocycles. The zero-order chi connectivity index (χ0) is 12.0. The molecule has 3 rings (SSSR count). The Hall–Kier alpha value is -1.75. The average Bonchev–Trinajstić information content (AvgIpc) is 2.74. The lowest BCUT2D eigenvalue weighted by atomic mass is 10.1. The molecule has 1 aromatic carbocycles. The number of pyridine rings is 1. The van der Waals surface area contributed by atoms with Gasteiger partial charge in [0.15, 0.2) is 5.82 Å². The second-order valence-corrected chi connectivity index (χ2v) is 4.19. The Kier molecular flexibility index (Phi) is 2.22. The van der Waals surface area contributed by atoms with Gasteiger partial charge in [-0.1, -0.05) is 0 Å². The highest BCUT2D eigenvalue weighted by molar-refractivity contribution is 5.93. The number of benzene rings is 1. The van der Waals surface area contributed by atoms with E-state index < -0.39 is 11.6 Å². The predicted molar refractivity (Wildman–Crippen MR) is 61.5 cm³/mol. The van der Waals surface area contributed by atoms with Gasteiger partial charge in [0.05, 0.1) is 5.69 Å². The summed E-state index contributed by atoms with van der Waals surface area (Å²) in [6.07, 6.45) is 2.63. The Morgan fingerprint density at radius 2 is 2.06 bits per heavy atom. The molecule has 88 valence electrons. The highest BCUT2D eigenvalue weighted by atomic mass is 19.1. The number of fused-ring (bicyclic) bond motifs is 2. The van der Waals surface area contributed by atoms with Gasteiger partial charge in [0.2, 0.25) is 0 Å². The highest BCUT2D eigenvalue weighted by Crippen LogP contribution is 2.34. The number of rotatable bonds is 1. The fourth-order valence-corrected chi connectivity index (χ4v) is 2.45. The zero-order valence-electron chi connectivity index (χ0n) is 9.06. The van der Waals surface area contributed by atoms with Crippen LogP contribution in [0.2, 0.25) is 0 Å². The molecule has 1 aliphatic carbocycles. The maximum Gasteiger partial charge on any atom is 0.152 e. The first kappa shape index (κ1) is 10.4. The van der Waals surface area contributed by atoms with E-state index in [4.69, 9.17) is 5.84 Å². The Bertz CT molecular complexity index is 610. The SMILES string of the molecule is NNc1c2c(nc3c(F)cc(F)cc13)CCC2. The first-order chi connectivity index (χ1) is 8.20. The molecule has 0 fully saturated rings. The summed E-state index contributed by atoms with van der Waals surface area (Å²) < 4.78 is 26.9. The number of aromatic nitrogens is 1. The van der Waals surface area contributed by atoms with Crippen molar-refractivity contribution in [3.05, 3.63) is 35.0 Å². The van der Waals surface area contributed by atoms with Gasteiger partial charge >= 0.3 is 0 Å². The van der Waals surface area contributed by atoms with Crippen molar-refractivity contribution in [1.82, 2.24) is 4.98 Å². The summed E-state index contributed by atoms with van der Waals surface area (Å²) in [5.74, 6) is 4.20. The van der Waals surface area contributed by atoms with Crippen LogP contribution in [0.15, 0.2) is 12.1 Å². The number of nitrogens with zero attached hydrogens (tertiary/aromatic N) is 1. The topological polar surface area (TPSA) is 50.9 Å². The summed E-state index contributed by atoms with van der Waals surface area (Å²) >= 11 is 0. The smallest absolute Gasteiger partial charge is 0.152 e. The Morgan fingerprint density at radius 1 is 1.24 bits per heavy atom. The Morgan fingerprint density at radius 3 is 2.82 bits per heavy atom. The number of hydrogen-bond acceptors (Lipinski definition) is 3. The molecule has 0 saturated heterocycles. The molecule has 0 unspecified atom stereocenters. The minimum absolute atomic E-state index is 0.181. The van der Waals surface area contributed by atoms with E-state index in [1.54, 1.807) is 0 Å². The van der Waals surface area contributed by atoms with Crippen molar-refractivity contribution < 1.29 is 8.78 Å². The van der Waals surface area contributed by atoms with Crippen molar-refractivity contribution in [3.8, 4) is 0 Å². The van der Waals surface area contributed by atoms with Crippen molar-refractivity contribution in [2.75, 3.05) is 5.43 Å². The van der Waals surface area contributed by atoms with E-state index in [1.165, 1.54) is 6.07 Å².